The van der Waals surface area contributed by atoms with Gasteiger partial charge in [-0.25, -0.2) is 8.78 Å². The molecule has 0 fully saturated rings. The topological polar surface area (TPSA) is 46.5 Å². The summed E-state index contributed by atoms with van der Waals surface area (Å²) in [5, 5.41) is 9.14. The quantitative estimate of drug-likeness (QED) is 0.183. The molecule has 1 aromatic carbocycles. The van der Waals surface area contributed by atoms with Crippen molar-refractivity contribution in [1.29, 1.82) is 0 Å². The van der Waals surface area contributed by atoms with Crippen LogP contribution < -0.4 is 5.30 Å². The van der Waals surface area contributed by atoms with Gasteiger partial charge in [0.1, 0.15) is 6.61 Å². The fourth-order valence-electron chi connectivity index (χ4n) is 2.16. The van der Waals surface area contributed by atoms with Crippen molar-refractivity contribution < 1.29 is 66.9 Å². The molecular formula is C15H10Cl3F12O3P. The molecule has 0 bridgehead atoms. The van der Waals surface area contributed by atoms with E-state index >= 15 is 0 Å². The Balaban J connectivity index is 3.46. The summed E-state index contributed by atoms with van der Waals surface area (Å²) in [4.78, 5) is 0. The third-order valence-electron chi connectivity index (χ3n) is 4.11. The molecule has 0 heterocycles. The predicted octanol–water partition coefficient (Wildman–Crippen LogP) is 6.74. The second-order valence-corrected chi connectivity index (χ2v) is 11.3. The van der Waals surface area contributed by atoms with E-state index in [0.29, 0.717) is 0 Å². The first kappa shape index (κ1) is 31.4. The SMILES string of the molecule is O=P(OCC(F)(F)C(F)(F)C(F)(F)C(F)(F)C(F)(F)C(F)F)(c1ccccc1)C(O)C(Cl)(Cl)Cl. The average molecular weight is 604 g/mol. The van der Waals surface area contributed by atoms with E-state index < -0.39 is 65.0 Å². The Bertz CT molecular complexity index is 896. The summed E-state index contributed by atoms with van der Waals surface area (Å²) in [5.74, 6) is -39.7. The Hall–Kier alpha value is -0.600. The van der Waals surface area contributed by atoms with E-state index in [1.54, 1.807) is 0 Å². The van der Waals surface area contributed by atoms with Gasteiger partial charge in [-0.15, -0.1) is 0 Å². The minimum atomic E-state index is -7.81. The highest BCUT2D eigenvalue weighted by Crippen LogP contribution is 2.61. The molecule has 0 aliphatic rings. The number of alkyl halides is 15. The molecule has 0 aliphatic carbocycles. The lowest BCUT2D eigenvalue weighted by Crippen LogP contribution is -2.69. The maximum absolute atomic E-state index is 14.0. The van der Waals surface area contributed by atoms with Crippen LogP contribution in [-0.2, 0) is 9.09 Å². The van der Waals surface area contributed by atoms with Gasteiger partial charge >= 0.3 is 36.0 Å². The van der Waals surface area contributed by atoms with Crippen LogP contribution >= 0.6 is 42.2 Å². The van der Waals surface area contributed by atoms with Gasteiger partial charge in [-0.05, 0) is 12.1 Å². The van der Waals surface area contributed by atoms with Crippen LogP contribution in [0.3, 0.4) is 0 Å². The minimum Gasteiger partial charge on any atom is -0.379 e. The summed E-state index contributed by atoms with van der Waals surface area (Å²) in [7, 11) is -5.45. The molecule has 1 N–H and O–H groups in total. The van der Waals surface area contributed by atoms with Crippen LogP contribution in [0.15, 0.2) is 30.3 Å². The Morgan fingerprint density at radius 1 is 0.824 bits per heavy atom. The molecule has 0 saturated carbocycles. The van der Waals surface area contributed by atoms with E-state index in [0.717, 1.165) is 24.3 Å². The molecule has 0 aliphatic heterocycles. The Morgan fingerprint density at radius 3 is 1.65 bits per heavy atom. The van der Waals surface area contributed by atoms with Gasteiger partial charge in [0, 0.05) is 5.30 Å². The normalized spacial score (nSPS) is 17.6. The zero-order chi connectivity index (χ0) is 27.2. The zero-order valence-corrected chi connectivity index (χ0v) is 18.8. The molecule has 1 rings (SSSR count). The van der Waals surface area contributed by atoms with E-state index in [2.05, 4.69) is 4.52 Å². The van der Waals surface area contributed by atoms with Crippen molar-refractivity contribution >= 4 is 47.5 Å². The molecule has 19 heteroatoms. The van der Waals surface area contributed by atoms with Crippen molar-refractivity contribution in [3.05, 3.63) is 30.3 Å². The summed E-state index contributed by atoms with van der Waals surface area (Å²) in [6.07, 6.45) is -5.66. The Labute approximate surface area is 197 Å². The molecule has 0 aromatic heterocycles. The van der Waals surface area contributed by atoms with Gasteiger partial charge in [0.25, 0.3) is 7.37 Å². The minimum absolute atomic E-state index is 0.753. The summed E-state index contributed by atoms with van der Waals surface area (Å²) in [5.41, 5.74) is 0. The molecule has 34 heavy (non-hydrogen) atoms. The van der Waals surface area contributed by atoms with Gasteiger partial charge in [-0.1, -0.05) is 53.0 Å². The number of hydrogen-bond acceptors (Lipinski definition) is 3. The lowest BCUT2D eigenvalue weighted by atomic mass is 9.95. The lowest BCUT2D eigenvalue weighted by molar-refractivity contribution is -0.414. The van der Waals surface area contributed by atoms with Gasteiger partial charge in [-0.2, -0.15) is 43.9 Å². The standard InChI is InChI=1S/C15H10Cl3F12O3P/c16-12(17,18)9(31)34(32,7-4-2-1-3-5-7)33-6-10(21,22)13(25,26)15(29,30)14(27,28)11(23,24)8(19)20/h1-5,8-9,31H,6H2. The van der Waals surface area contributed by atoms with Crippen LogP contribution in [0.5, 0.6) is 0 Å². The van der Waals surface area contributed by atoms with Crippen molar-refractivity contribution in [2.24, 2.45) is 0 Å². The fraction of sp³-hybridized carbons (Fsp3) is 0.600. The third-order valence-corrected chi connectivity index (χ3v) is 7.75. The molecule has 198 valence electrons. The summed E-state index contributed by atoms with van der Waals surface area (Å²) >= 11 is 15.9. The highest BCUT2D eigenvalue weighted by Gasteiger charge is 2.87. The third kappa shape index (κ3) is 5.24. The van der Waals surface area contributed by atoms with E-state index in [1.165, 1.54) is 6.07 Å². The van der Waals surface area contributed by atoms with Gasteiger partial charge in [0.15, 0.2) is 5.85 Å². The molecule has 0 saturated heterocycles. The number of aliphatic hydroxyl groups excluding tert-OH is 1. The van der Waals surface area contributed by atoms with Crippen molar-refractivity contribution in [2.45, 2.75) is 45.7 Å². The van der Waals surface area contributed by atoms with Crippen LogP contribution in [0.25, 0.3) is 0 Å². The van der Waals surface area contributed by atoms with E-state index in [4.69, 9.17) is 34.8 Å². The molecule has 2 unspecified atom stereocenters. The summed E-state index contributed by atoms with van der Waals surface area (Å²) < 4.78 is 173. The van der Waals surface area contributed by atoms with Crippen LogP contribution in [0, 0.1) is 0 Å². The van der Waals surface area contributed by atoms with Gasteiger partial charge < -0.3 is 9.63 Å². The summed E-state index contributed by atoms with van der Waals surface area (Å²) in [6, 6.07) is 4.75. The molecule has 2 atom stereocenters. The summed E-state index contributed by atoms with van der Waals surface area (Å²) in [6.45, 7) is -3.21. The number of rotatable bonds is 10. The molecular weight excluding hydrogens is 593 g/mol. The number of hydrogen-bond donors (Lipinski definition) is 1. The van der Waals surface area contributed by atoms with Gasteiger partial charge in [0.05, 0.1) is 0 Å². The van der Waals surface area contributed by atoms with Gasteiger partial charge in [-0.3, -0.25) is 4.57 Å². The van der Waals surface area contributed by atoms with Crippen molar-refractivity contribution in [1.82, 2.24) is 0 Å². The van der Waals surface area contributed by atoms with Crippen LogP contribution in [-0.4, -0.2) is 57.4 Å². The largest absolute Gasteiger partial charge is 0.384 e. The Morgan fingerprint density at radius 2 is 1.26 bits per heavy atom. The first-order valence-corrected chi connectivity index (χ1v) is 11.0. The second kappa shape index (κ2) is 9.70. The second-order valence-electron chi connectivity index (χ2n) is 6.47. The highest BCUT2D eigenvalue weighted by atomic mass is 35.6. The predicted molar refractivity (Wildman–Crippen MR) is 96.7 cm³/mol. The smallest absolute Gasteiger partial charge is 0.379 e. The van der Waals surface area contributed by atoms with E-state index in [1.807, 2.05) is 0 Å². The first-order valence-electron chi connectivity index (χ1n) is 8.13. The lowest BCUT2D eigenvalue weighted by Gasteiger charge is -2.39. The zero-order valence-electron chi connectivity index (χ0n) is 15.6. The average Bonchev–Trinajstić information content (AvgIpc) is 2.70. The molecule has 1 aromatic rings. The molecule has 3 nitrogen and oxygen atoms in total. The van der Waals surface area contributed by atoms with Crippen LogP contribution in [0.1, 0.15) is 0 Å². The van der Waals surface area contributed by atoms with Gasteiger partial charge in [0.2, 0.25) is 3.79 Å². The maximum Gasteiger partial charge on any atom is 0.384 e. The van der Waals surface area contributed by atoms with Crippen molar-refractivity contribution in [3.8, 4) is 0 Å². The van der Waals surface area contributed by atoms with Crippen molar-refractivity contribution in [3.63, 3.8) is 0 Å². The van der Waals surface area contributed by atoms with Crippen LogP contribution in [0.4, 0.5) is 52.7 Å². The van der Waals surface area contributed by atoms with Crippen molar-refractivity contribution in [2.75, 3.05) is 6.61 Å². The number of benzene rings is 1. The molecule has 0 amide bonds. The number of aliphatic hydroxyl groups is 1. The maximum atomic E-state index is 14.0. The molecule has 0 radical (unpaired) electrons. The van der Waals surface area contributed by atoms with E-state index in [-0.39, 0.29) is 0 Å². The monoisotopic (exact) mass is 602 g/mol. The molecule has 0 spiro atoms. The first-order chi connectivity index (χ1) is 14.9. The fourth-order valence-corrected chi connectivity index (χ4v) is 5.21. The van der Waals surface area contributed by atoms with Crippen LogP contribution in [0.2, 0.25) is 0 Å². The Kier molecular flexibility index (Phi) is 8.96. The van der Waals surface area contributed by atoms with E-state index in [9.17, 15) is 62.4 Å². The number of halogens is 15. The highest BCUT2D eigenvalue weighted by molar-refractivity contribution is 7.67.